The summed E-state index contributed by atoms with van der Waals surface area (Å²) in [6, 6.07) is 0. The first-order valence-electron chi connectivity index (χ1n) is 7.44. The van der Waals surface area contributed by atoms with Gasteiger partial charge in [-0.3, -0.25) is 4.79 Å². The Labute approximate surface area is 132 Å². The predicted octanol–water partition coefficient (Wildman–Crippen LogP) is 1.07. The maximum atomic E-state index is 11.6. The van der Waals surface area contributed by atoms with Gasteiger partial charge in [-0.25, -0.2) is 9.98 Å². The van der Waals surface area contributed by atoms with Crippen molar-refractivity contribution >= 4 is 11.9 Å². The second-order valence-electron chi connectivity index (χ2n) is 5.83. The summed E-state index contributed by atoms with van der Waals surface area (Å²) < 4.78 is 5.52. The molecule has 0 atom stereocenters. The standard InChI is InChI=1S/C15H27N5O2/c1-10(2)7-16-15(18-9-14(21)20(5)6)17-8-13-19-11(3)12(4)22-13/h10H,7-9H2,1-6H3,(H2,16,17,18). The van der Waals surface area contributed by atoms with Gasteiger partial charge >= 0.3 is 0 Å². The molecule has 1 amide bonds. The average Bonchev–Trinajstić information content (AvgIpc) is 2.76. The van der Waals surface area contributed by atoms with Gasteiger partial charge in [-0.1, -0.05) is 13.8 Å². The molecule has 0 spiro atoms. The lowest BCUT2D eigenvalue weighted by Crippen LogP contribution is -2.39. The molecule has 1 rings (SSSR count). The van der Waals surface area contributed by atoms with Crippen LogP contribution in [-0.2, 0) is 11.3 Å². The molecule has 0 saturated heterocycles. The molecule has 7 nitrogen and oxygen atoms in total. The largest absolute Gasteiger partial charge is 0.444 e. The van der Waals surface area contributed by atoms with E-state index in [1.165, 1.54) is 4.90 Å². The Morgan fingerprint density at radius 1 is 1.32 bits per heavy atom. The molecule has 0 fully saturated rings. The van der Waals surface area contributed by atoms with Crippen molar-refractivity contribution in [1.29, 1.82) is 0 Å². The van der Waals surface area contributed by atoms with Crippen LogP contribution in [0.25, 0.3) is 0 Å². The lowest BCUT2D eigenvalue weighted by atomic mass is 10.2. The molecular weight excluding hydrogens is 282 g/mol. The molecule has 0 radical (unpaired) electrons. The molecule has 1 aromatic rings. The van der Waals surface area contributed by atoms with Crippen molar-refractivity contribution in [2.75, 3.05) is 27.2 Å². The number of guanidine groups is 1. The van der Waals surface area contributed by atoms with Gasteiger partial charge in [-0.05, 0) is 19.8 Å². The topological polar surface area (TPSA) is 82.8 Å². The highest BCUT2D eigenvalue weighted by Crippen LogP contribution is 2.07. The average molecular weight is 309 g/mol. The first-order chi connectivity index (χ1) is 10.3. The van der Waals surface area contributed by atoms with E-state index in [1.54, 1.807) is 14.1 Å². The third-order valence-corrected chi connectivity index (χ3v) is 3.03. The Morgan fingerprint density at radius 3 is 2.50 bits per heavy atom. The molecule has 7 heteroatoms. The van der Waals surface area contributed by atoms with Crippen molar-refractivity contribution in [2.45, 2.75) is 34.2 Å². The zero-order valence-corrected chi connectivity index (χ0v) is 14.4. The molecule has 0 unspecified atom stereocenters. The summed E-state index contributed by atoms with van der Waals surface area (Å²) >= 11 is 0. The zero-order valence-electron chi connectivity index (χ0n) is 14.4. The number of rotatable bonds is 6. The molecular formula is C15H27N5O2. The number of carbonyl (C=O) groups excluding carboxylic acids is 1. The van der Waals surface area contributed by atoms with Crippen LogP contribution in [0.4, 0.5) is 0 Å². The Balaban J connectivity index is 2.64. The lowest BCUT2D eigenvalue weighted by molar-refractivity contribution is -0.127. The number of aryl methyl sites for hydroxylation is 2. The van der Waals surface area contributed by atoms with E-state index in [4.69, 9.17) is 4.42 Å². The molecule has 0 aliphatic heterocycles. The van der Waals surface area contributed by atoms with Crippen molar-refractivity contribution in [2.24, 2.45) is 10.9 Å². The van der Waals surface area contributed by atoms with Crippen LogP contribution in [0.1, 0.15) is 31.2 Å². The maximum absolute atomic E-state index is 11.6. The number of nitrogens with zero attached hydrogens (tertiary/aromatic N) is 3. The predicted molar refractivity (Wildman–Crippen MR) is 86.7 cm³/mol. The van der Waals surface area contributed by atoms with Gasteiger partial charge in [0.15, 0.2) is 5.96 Å². The summed E-state index contributed by atoms with van der Waals surface area (Å²) in [4.78, 5) is 21.8. The van der Waals surface area contributed by atoms with Gasteiger partial charge in [0.2, 0.25) is 11.8 Å². The maximum Gasteiger partial charge on any atom is 0.243 e. The minimum atomic E-state index is -0.0477. The monoisotopic (exact) mass is 309 g/mol. The first-order valence-corrected chi connectivity index (χ1v) is 7.44. The number of oxazole rings is 1. The summed E-state index contributed by atoms with van der Waals surface area (Å²) in [7, 11) is 3.43. The number of likely N-dealkylation sites (N-methyl/N-ethyl adjacent to an activating group) is 1. The van der Waals surface area contributed by atoms with Crippen LogP contribution in [0.5, 0.6) is 0 Å². The molecule has 0 bridgehead atoms. The molecule has 124 valence electrons. The van der Waals surface area contributed by atoms with E-state index in [0.717, 1.165) is 18.0 Å². The van der Waals surface area contributed by atoms with E-state index in [-0.39, 0.29) is 12.5 Å². The molecule has 1 aromatic heterocycles. The summed E-state index contributed by atoms with van der Waals surface area (Å²) in [5.74, 6) is 2.43. The highest BCUT2D eigenvalue weighted by molar-refractivity contribution is 5.84. The molecule has 1 heterocycles. The fraction of sp³-hybridized carbons (Fsp3) is 0.667. The summed E-state index contributed by atoms with van der Waals surface area (Å²) in [5, 5.41) is 6.34. The zero-order chi connectivity index (χ0) is 16.7. The van der Waals surface area contributed by atoms with Gasteiger partial charge in [0.1, 0.15) is 12.3 Å². The van der Waals surface area contributed by atoms with Crippen LogP contribution < -0.4 is 10.6 Å². The van der Waals surface area contributed by atoms with Crippen LogP contribution in [0.2, 0.25) is 0 Å². The van der Waals surface area contributed by atoms with E-state index in [0.29, 0.717) is 24.3 Å². The van der Waals surface area contributed by atoms with E-state index in [9.17, 15) is 4.79 Å². The summed E-state index contributed by atoms with van der Waals surface area (Å²) in [6.07, 6.45) is 0. The normalized spacial score (nSPS) is 11.7. The number of carbonyl (C=O) groups is 1. The van der Waals surface area contributed by atoms with Crippen LogP contribution in [0.15, 0.2) is 9.41 Å². The Hall–Kier alpha value is -2.05. The SMILES string of the molecule is Cc1nc(CNC(=NCC(=O)N(C)C)NCC(C)C)oc1C. The van der Waals surface area contributed by atoms with Gasteiger partial charge in [0.25, 0.3) is 0 Å². The van der Waals surface area contributed by atoms with Gasteiger partial charge in [0.05, 0.1) is 12.2 Å². The van der Waals surface area contributed by atoms with Gasteiger partial charge in [0, 0.05) is 20.6 Å². The summed E-state index contributed by atoms with van der Waals surface area (Å²) in [6.45, 7) is 9.30. The molecule has 0 aliphatic rings. The Kier molecular flexibility index (Phi) is 6.88. The molecule has 0 aromatic carbocycles. The number of hydrogen-bond acceptors (Lipinski definition) is 4. The van der Waals surface area contributed by atoms with E-state index in [1.807, 2.05) is 13.8 Å². The van der Waals surface area contributed by atoms with Crippen LogP contribution in [-0.4, -0.2) is 48.9 Å². The second kappa shape index (κ2) is 8.41. The fourth-order valence-electron chi connectivity index (χ4n) is 1.54. The van der Waals surface area contributed by atoms with Gasteiger partial charge in [-0.15, -0.1) is 0 Å². The number of nitrogens with one attached hydrogen (secondary N) is 2. The number of hydrogen-bond donors (Lipinski definition) is 2. The summed E-state index contributed by atoms with van der Waals surface area (Å²) in [5.41, 5.74) is 0.883. The third kappa shape index (κ3) is 6.15. The van der Waals surface area contributed by atoms with Crippen molar-refractivity contribution in [1.82, 2.24) is 20.5 Å². The highest BCUT2D eigenvalue weighted by atomic mass is 16.4. The van der Waals surface area contributed by atoms with Crippen molar-refractivity contribution in [3.8, 4) is 0 Å². The molecule has 2 N–H and O–H groups in total. The third-order valence-electron chi connectivity index (χ3n) is 3.03. The molecule has 22 heavy (non-hydrogen) atoms. The molecule has 0 saturated carbocycles. The Morgan fingerprint density at radius 2 is 2.00 bits per heavy atom. The van der Waals surface area contributed by atoms with Crippen LogP contribution in [0, 0.1) is 19.8 Å². The van der Waals surface area contributed by atoms with Crippen molar-refractivity contribution < 1.29 is 9.21 Å². The number of aromatic nitrogens is 1. The van der Waals surface area contributed by atoms with Crippen LogP contribution in [0.3, 0.4) is 0 Å². The Bertz CT molecular complexity index is 501. The van der Waals surface area contributed by atoms with Gasteiger partial charge in [-0.2, -0.15) is 0 Å². The fourth-order valence-corrected chi connectivity index (χ4v) is 1.54. The number of amides is 1. The van der Waals surface area contributed by atoms with Gasteiger partial charge < -0.3 is 20.0 Å². The minimum absolute atomic E-state index is 0.0477. The minimum Gasteiger partial charge on any atom is -0.444 e. The number of aliphatic imine (C=N–C) groups is 1. The second-order valence-corrected chi connectivity index (χ2v) is 5.83. The first kappa shape index (κ1) is 18.0. The quantitative estimate of drug-likeness (QED) is 0.607. The molecule has 0 aliphatic carbocycles. The lowest BCUT2D eigenvalue weighted by Gasteiger charge is -2.14. The van der Waals surface area contributed by atoms with Crippen molar-refractivity contribution in [3.63, 3.8) is 0 Å². The van der Waals surface area contributed by atoms with E-state index < -0.39 is 0 Å². The van der Waals surface area contributed by atoms with E-state index >= 15 is 0 Å². The van der Waals surface area contributed by atoms with E-state index in [2.05, 4.69) is 34.5 Å². The smallest absolute Gasteiger partial charge is 0.243 e. The van der Waals surface area contributed by atoms with Crippen LogP contribution >= 0.6 is 0 Å². The van der Waals surface area contributed by atoms with Crippen molar-refractivity contribution in [3.05, 3.63) is 17.3 Å². The highest BCUT2D eigenvalue weighted by Gasteiger charge is 2.08.